The van der Waals surface area contributed by atoms with Crippen LogP contribution >= 0.6 is 22.6 Å². The molecule has 3 unspecified atom stereocenters. The van der Waals surface area contributed by atoms with E-state index in [0.717, 1.165) is 9.99 Å². The fraction of sp³-hybridized carbons (Fsp3) is 0.583. The number of carbonyl (C=O) groups is 2. The number of hydrogen-bond donors (Lipinski definition) is 3. The zero-order chi connectivity index (χ0) is 23.8. The standard InChI is InChI=1S/C24H35IN2O5/c1-15(2)9-11-27(24(31)16(3)4)19-13-17(23(30)26-10-12-28)14-21(22(19)29)32-20-8-6-5-7-18(20)25/h5-8,14-16,19,21-22,28-29H,9-13H2,1-4H3,(H,26,30). The number of nitrogens with zero attached hydrogens (tertiary/aromatic N) is 1. The monoisotopic (exact) mass is 558 g/mol. The third-order valence-electron chi connectivity index (χ3n) is 5.44. The van der Waals surface area contributed by atoms with Gasteiger partial charge < -0.3 is 25.2 Å². The lowest BCUT2D eigenvalue weighted by Gasteiger charge is -2.41. The summed E-state index contributed by atoms with van der Waals surface area (Å²) in [7, 11) is 0. The maximum Gasteiger partial charge on any atom is 0.247 e. The van der Waals surface area contributed by atoms with E-state index in [2.05, 4.69) is 41.8 Å². The Balaban J connectivity index is 2.40. The summed E-state index contributed by atoms with van der Waals surface area (Å²) in [5, 5.41) is 23.0. The molecule has 0 spiro atoms. The van der Waals surface area contributed by atoms with Gasteiger partial charge in [-0.2, -0.15) is 0 Å². The SMILES string of the molecule is CC(C)CCN(C(=O)C(C)C)C1CC(C(=O)NCCO)=CC(Oc2ccccc2I)C1O. The van der Waals surface area contributed by atoms with Crippen LogP contribution in [0.2, 0.25) is 0 Å². The average Bonchev–Trinajstić information content (AvgIpc) is 2.75. The third kappa shape index (κ3) is 7.18. The number of ether oxygens (including phenoxy) is 1. The minimum Gasteiger partial charge on any atom is -0.482 e. The number of amides is 2. The number of benzene rings is 1. The molecule has 0 saturated carbocycles. The quantitative estimate of drug-likeness (QED) is 0.384. The van der Waals surface area contributed by atoms with Crippen molar-refractivity contribution in [2.24, 2.45) is 11.8 Å². The van der Waals surface area contributed by atoms with Gasteiger partial charge in [0.1, 0.15) is 18.0 Å². The molecule has 7 nitrogen and oxygen atoms in total. The molecule has 2 amide bonds. The second-order valence-electron chi connectivity index (χ2n) is 8.82. The highest BCUT2D eigenvalue weighted by atomic mass is 127. The highest BCUT2D eigenvalue weighted by Crippen LogP contribution is 2.30. The first-order valence-corrected chi connectivity index (χ1v) is 12.2. The van der Waals surface area contributed by atoms with E-state index in [-0.39, 0.29) is 37.3 Å². The summed E-state index contributed by atoms with van der Waals surface area (Å²) >= 11 is 2.16. The molecule has 3 N–H and O–H groups in total. The summed E-state index contributed by atoms with van der Waals surface area (Å²) in [6, 6.07) is 6.87. The minimum atomic E-state index is -0.990. The van der Waals surface area contributed by atoms with E-state index < -0.39 is 18.2 Å². The van der Waals surface area contributed by atoms with Crippen molar-refractivity contribution in [1.82, 2.24) is 10.2 Å². The first-order valence-electron chi connectivity index (χ1n) is 11.1. The van der Waals surface area contributed by atoms with Crippen LogP contribution in [0.15, 0.2) is 35.9 Å². The second-order valence-corrected chi connectivity index (χ2v) is 9.98. The average molecular weight is 558 g/mol. The van der Waals surface area contributed by atoms with Gasteiger partial charge in [0.25, 0.3) is 0 Å². The fourth-order valence-electron chi connectivity index (χ4n) is 3.63. The van der Waals surface area contributed by atoms with Gasteiger partial charge in [-0.15, -0.1) is 0 Å². The molecule has 0 fully saturated rings. The van der Waals surface area contributed by atoms with Gasteiger partial charge in [0.05, 0.1) is 16.2 Å². The van der Waals surface area contributed by atoms with Crippen LogP contribution in [0.25, 0.3) is 0 Å². The minimum absolute atomic E-state index is 0.0558. The van der Waals surface area contributed by atoms with Crippen LogP contribution in [0.5, 0.6) is 5.75 Å². The van der Waals surface area contributed by atoms with Gasteiger partial charge >= 0.3 is 0 Å². The number of hydrogen-bond acceptors (Lipinski definition) is 5. The Hall–Kier alpha value is -1.65. The number of aliphatic hydroxyl groups is 2. The molecule has 1 aliphatic carbocycles. The van der Waals surface area contributed by atoms with Gasteiger partial charge in [0.15, 0.2) is 0 Å². The van der Waals surface area contributed by atoms with Crippen molar-refractivity contribution in [3.05, 3.63) is 39.5 Å². The first kappa shape index (κ1) is 26.6. The van der Waals surface area contributed by atoms with Crippen LogP contribution in [-0.2, 0) is 9.59 Å². The van der Waals surface area contributed by atoms with Gasteiger partial charge in [-0.25, -0.2) is 0 Å². The Kier molecular flexibility index (Phi) is 10.4. The van der Waals surface area contributed by atoms with Crippen molar-refractivity contribution in [3.8, 4) is 5.75 Å². The Morgan fingerprint density at radius 1 is 1.25 bits per heavy atom. The first-order chi connectivity index (χ1) is 15.1. The van der Waals surface area contributed by atoms with Crippen LogP contribution in [0, 0.1) is 15.4 Å². The summed E-state index contributed by atoms with van der Waals surface area (Å²) in [6.07, 6.45) is 0.869. The van der Waals surface area contributed by atoms with Crippen LogP contribution in [0.4, 0.5) is 0 Å². The summed E-state index contributed by atoms with van der Waals surface area (Å²) < 4.78 is 7.01. The van der Waals surface area contributed by atoms with E-state index in [1.165, 1.54) is 0 Å². The molecule has 178 valence electrons. The van der Waals surface area contributed by atoms with Gasteiger partial charge in [-0.3, -0.25) is 9.59 Å². The van der Waals surface area contributed by atoms with Crippen LogP contribution in [-0.4, -0.2) is 64.9 Å². The van der Waals surface area contributed by atoms with Gasteiger partial charge in [-0.1, -0.05) is 39.8 Å². The topological polar surface area (TPSA) is 99.1 Å². The molecule has 1 aliphatic rings. The summed E-state index contributed by atoms with van der Waals surface area (Å²) in [5.74, 6) is 0.376. The molecule has 3 atom stereocenters. The molecule has 2 rings (SSSR count). The predicted octanol–water partition coefficient (Wildman–Crippen LogP) is 2.74. The number of carbonyl (C=O) groups excluding carboxylic acids is 2. The Morgan fingerprint density at radius 3 is 2.53 bits per heavy atom. The molecule has 8 heteroatoms. The number of nitrogens with one attached hydrogen (secondary N) is 1. The van der Waals surface area contributed by atoms with E-state index in [1.807, 2.05) is 38.1 Å². The van der Waals surface area contributed by atoms with E-state index in [9.17, 15) is 14.7 Å². The molecule has 0 aliphatic heterocycles. The Labute approximate surface area is 204 Å². The van der Waals surface area contributed by atoms with Crippen LogP contribution in [0.1, 0.15) is 40.5 Å². The maximum absolute atomic E-state index is 13.1. The lowest BCUT2D eigenvalue weighted by Crippen LogP contribution is -2.56. The lowest BCUT2D eigenvalue weighted by atomic mass is 9.87. The number of rotatable bonds is 10. The molecular weight excluding hydrogens is 523 g/mol. The molecule has 32 heavy (non-hydrogen) atoms. The van der Waals surface area contributed by atoms with Gasteiger partial charge in [0, 0.05) is 31.0 Å². The zero-order valence-corrected chi connectivity index (χ0v) is 21.4. The van der Waals surface area contributed by atoms with Crippen LogP contribution in [0.3, 0.4) is 0 Å². The van der Waals surface area contributed by atoms with Gasteiger partial charge in [-0.05, 0) is 53.1 Å². The van der Waals surface area contributed by atoms with Gasteiger partial charge in [0.2, 0.25) is 11.8 Å². The molecular formula is C24H35IN2O5. The van der Waals surface area contributed by atoms with E-state index in [0.29, 0.717) is 23.8 Å². The fourth-order valence-corrected chi connectivity index (χ4v) is 4.15. The lowest BCUT2D eigenvalue weighted by molar-refractivity contribution is -0.142. The van der Waals surface area contributed by atoms with Crippen molar-refractivity contribution in [2.75, 3.05) is 19.7 Å². The number of para-hydroxylation sites is 1. The Bertz CT molecular complexity index is 811. The normalized spacial score (nSPS) is 20.8. The smallest absolute Gasteiger partial charge is 0.247 e. The van der Waals surface area contributed by atoms with Crippen molar-refractivity contribution >= 4 is 34.4 Å². The second kappa shape index (κ2) is 12.6. The number of aliphatic hydroxyl groups excluding tert-OH is 2. The third-order valence-corrected chi connectivity index (χ3v) is 6.33. The number of halogens is 1. The zero-order valence-electron chi connectivity index (χ0n) is 19.3. The maximum atomic E-state index is 13.1. The predicted molar refractivity (Wildman–Crippen MR) is 132 cm³/mol. The van der Waals surface area contributed by atoms with E-state index >= 15 is 0 Å². The molecule has 0 heterocycles. The molecule has 0 radical (unpaired) electrons. The van der Waals surface area contributed by atoms with Crippen molar-refractivity contribution in [2.45, 2.75) is 58.8 Å². The largest absolute Gasteiger partial charge is 0.482 e. The molecule has 1 aromatic rings. The molecule has 0 saturated heterocycles. The van der Waals surface area contributed by atoms with E-state index in [4.69, 9.17) is 9.84 Å². The van der Waals surface area contributed by atoms with E-state index in [1.54, 1.807) is 11.0 Å². The summed E-state index contributed by atoms with van der Waals surface area (Å²) in [6.45, 7) is 8.32. The molecule has 1 aromatic carbocycles. The van der Waals surface area contributed by atoms with Crippen molar-refractivity contribution in [1.29, 1.82) is 0 Å². The highest BCUT2D eigenvalue weighted by Gasteiger charge is 2.40. The highest BCUT2D eigenvalue weighted by molar-refractivity contribution is 14.1. The van der Waals surface area contributed by atoms with Crippen molar-refractivity contribution < 1.29 is 24.5 Å². The van der Waals surface area contributed by atoms with Crippen molar-refractivity contribution in [3.63, 3.8) is 0 Å². The van der Waals surface area contributed by atoms with Crippen LogP contribution < -0.4 is 10.1 Å². The molecule has 0 bridgehead atoms. The summed E-state index contributed by atoms with van der Waals surface area (Å²) in [4.78, 5) is 27.5. The Morgan fingerprint density at radius 2 is 1.94 bits per heavy atom. The molecule has 0 aromatic heterocycles. The summed E-state index contributed by atoms with van der Waals surface area (Å²) in [5.41, 5.74) is 0.441.